The molecule has 104 valence electrons. The van der Waals surface area contributed by atoms with Gasteiger partial charge in [0.1, 0.15) is 12.1 Å². The molecule has 0 aliphatic heterocycles. The van der Waals surface area contributed by atoms with Gasteiger partial charge in [-0.2, -0.15) is 0 Å². The Balaban J connectivity index is 2.25. The number of halogens is 3. The molecule has 2 rings (SSSR count). The topological polar surface area (TPSA) is 81.0 Å². The molecular formula is C11H7BrClFN4O2. The molecule has 0 spiro atoms. The number of nitro groups is 1. The van der Waals surface area contributed by atoms with Crippen LogP contribution in [0, 0.1) is 15.9 Å². The van der Waals surface area contributed by atoms with E-state index in [0.29, 0.717) is 10.0 Å². The van der Waals surface area contributed by atoms with Gasteiger partial charge in [-0.3, -0.25) is 10.1 Å². The molecule has 9 heteroatoms. The van der Waals surface area contributed by atoms with Crippen LogP contribution in [-0.4, -0.2) is 14.9 Å². The molecule has 0 fully saturated rings. The largest absolute Gasteiger partial charge is 0.360 e. The van der Waals surface area contributed by atoms with Gasteiger partial charge < -0.3 is 5.32 Å². The van der Waals surface area contributed by atoms with Crippen LogP contribution in [0.2, 0.25) is 5.15 Å². The molecule has 0 saturated carbocycles. The van der Waals surface area contributed by atoms with E-state index < -0.39 is 16.4 Å². The Bertz CT molecular complexity index is 671. The van der Waals surface area contributed by atoms with Crippen LogP contribution in [0.1, 0.15) is 5.56 Å². The van der Waals surface area contributed by atoms with E-state index in [-0.39, 0.29) is 17.5 Å². The lowest BCUT2D eigenvalue weighted by molar-refractivity contribution is -0.384. The second-order valence-electron chi connectivity index (χ2n) is 3.71. The Morgan fingerprint density at radius 1 is 1.45 bits per heavy atom. The van der Waals surface area contributed by atoms with Gasteiger partial charge in [-0.1, -0.05) is 27.5 Å². The van der Waals surface area contributed by atoms with Gasteiger partial charge in [-0.05, 0) is 23.8 Å². The Morgan fingerprint density at radius 3 is 2.90 bits per heavy atom. The van der Waals surface area contributed by atoms with E-state index in [0.717, 1.165) is 6.33 Å². The summed E-state index contributed by atoms with van der Waals surface area (Å²) >= 11 is 8.93. The van der Waals surface area contributed by atoms with Crippen molar-refractivity contribution in [1.82, 2.24) is 9.97 Å². The average molecular weight is 362 g/mol. The summed E-state index contributed by atoms with van der Waals surface area (Å²) in [7, 11) is 0. The van der Waals surface area contributed by atoms with E-state index in [1.165, 1.54) is 12.1 Å². The third-order valence-electron chi connectivity index (χ3n) is 2.41. The molecular weight excluding hydrogens is 355 g/mol. The van der Waals surface area contributed by atoms with Crippen molar-refractivity contribution in [1.29, 1.82) is 0 Å². The van der Waals surface area contributed by atoms with Gasteiger partial charge in [0.15, 0.2) is 0 Å². The quantitative estimate of drug-likeness (QED) is 0.512. The van der Waals surface area contributed by atoms with Crippen LogP contribution < -0.4 is 5.32 Å². The highest BCUT2D eigenvalue weighted by Gasteiger charge is 2.21. The number of hydrogen-bond donors (Lipinski definition) is 1. The molecule has 6 nitrogen and oxygen atoms in total. The van der Waals surface area contributed by atoms with E-state index in [1.54, 1.807) is 6.07 Å². The number of benzene rings is 1. The van der Waals surface area contributed by atoms with Crippen LogP contribution in [-0.2, 0) is 6.54 Å². The van der Waals surface area contributed by atoms with Gasteiger partial charge in [0.05, 0.1) is 4.92 Å². The molecule has 2 aromatic rings. The van der Waals surface area contributed by atoms with Crippen LogP contribution in [0.4, 0.5) is 15.9 Å². The lowest BCUT2D eigenvalue weighted by Gasteiger charge is -2.08. The molecule has 0 unspecified atom stereocenters. The number of rotatable bonds is 4. The van der Waals surface area contributed by atoms with E-state index in [9.17, 15) is 14.5 Å². The van der Waals surface area contributed by atoms with E-state index in [2.05, 4.69) is 31.2 Å². The summed E-state index contributed by atoms with van der Waals surface area (Å²) < 4.78 is 13.8. The first-order valence-electron chi connectivity index (χ1n) is 5.31. The van der Waals surface area contributed by atoms with Gasteiger partial charge in [0.2, 0.25) is 11.0 Å². The third-order valence-corrected chi connectivity index (χ3v) is 3.46. The minimum atomic E-state index is -0.675. The summed E-state index contributed by atoms with van der Waals surface area (Å²) in [4.78, 5) is 17.6. The van der Waals surface area contributed by atoms with Crippen LogP contribution in [0.15, 0.2) is 29.0 Å². The summed E-state index contributed by atoms with van der Waals surface area (Å²) in [5.41, 5.74) is 0.177. The second-order valence-corrected chi connectivity index (χ2v) is 4.92. The predicted molar refractivity (Wildman–Crippen MR) is 75.1 cm³/mol. The number of nitrogens with one attached hydrogen (secondary N) is 1. The molecule has 20 heavy (non-hydrogen) atoms. The van der Waals surface area contributed by atoms with Gasteiger partial charge in [0, 0.05) is 11.0 Å². The summed E-state index contributed by atoms with van der Waals surface area (Å²) in [6.07, 6.45) is 1.11. The number of hydrogen-bond acceptors (Lipinski definition) is 5. The molecule has 0 amide bonds. The molecule has 1 aromatic heterocycles. The van der Waals surface area contributed by atoms with Crippen LogP contribution in [0.25, 0.3) is 0 Å². The molecule has 1 aromatic carbocycles. The van der Waals surface area contributed by atoms with Crippen molar-refractivity contribution < 1.29 is 9.31 Å². The fourth-order valence-electron chi connectivity index (χ4n) is 1.51. The first kappa shape index (κ1) is 14.6. The minimum Gasteiger partial charge on any atom is -0.360 e. The van der Waals surface area contributed by atoms with Crippen molar-refractivity contribution in [2.24, 2.45) is 0 Å². The highest BCUT2D eigenvalue weighted by atomic mass is 79.9. The fourth-order valence-corrected chi connectivity index (χ4v) is 2.10. The monoisotopic (exact) mass is 360 g/mol. The number of nitrogens with zero attached hydrogens (tertiary/aromatic N) is 3. The van der Waals surface area contributed by atoms with Crippen LogP contribution in [0.5, 0.6) is 0 Å². The maximum atomic E-state index is 13.1. The van der Waals surface area contributed by atoms with Crippen LogP contribution >= 0.6 is 27.5 Å². The van der Waals surface area contributed by atoms with Crippen LogP contribution in [0.3, 0.4) is 0 Å². The van der Waals surface area contributed by atoms with Crippen molar-refractivity contribution in [2.45, 2.75) is 6.54 Å². The lowest BCUT2D eigenvalue weighted by Crippen LogP contribution is -2.06. The van der Waals surface area contributed by atoms with Gasteiger partial charge in [0.25, 0.3) is 0 Å². The van der Waals surface area contributed by atoms with Crippen molar-refractivity contribution >= 4 is 39.0 Å². The molecule has 0 aliphatic carbocycles. The van der Waals surface area contributed by atoms with Crippen molar-refractivity contribution in [3.63, 3.8) is 0 Å². The van der Waals surface area contributed by atoms with E-state index >= 15 is 0 Å². The molecule has 1 N–H and O–H groups in total. The Kier molecular flexibility index (Phi) is 4.46. The zero-order chi connectivity index (χ0) is 14.7. The summed E-state index contributed by atoms with van der Waals surface area (Å²) in [5.74, 6) is -0.425. The van der Waals surface area contributed by atoms with Crippen molar-refractivity contribution in [2.75, 3.05) is 5.32 Å². The third kappa shape index (κ3) is 3.20. The van der Waals surface area contributed by atoms with Gasteiger partial charge in [-0.25, -0.2) is 14.4 Å². The van der Waals surface area contributed by atoms with Gasteiger partial charge >= 0.3 is 5.69 Å². The van der Waals surface area contributed by atoms with Crippen molar-refractivity contribution in [3.8, 4) is 0 Å². The molecule has 0 atom stereocenters. The Morgan fingerprint density at radius 2 is 2.20 bits per heavy atom. The number of aromatic nitrogens is 2. The first-order chi connectivity index (χ1) is 9.49. The predicted octanol–water partition coefficient (Wildman–Crippen LogP) is 3.55. The van der Waals surface area contributed by atoms with E-state index in [4.69, 9.17) is 11.6 Å². The van der Waals surface area contributed by atoms with Gasteiger partial charge in [-0.15, -0.1) is 0 Å². The Hall–Kier alpha value is -1.80. The highest BCUT2D eigenvalue weighted by Crippen LogP contribution is 2.29. The molecule has 0 radical (unpaired) electrons. The first-order valence-corrected chi connectivity index (χ1v) is 6.49. The molecule has 0 aliphatic rings. The molecule has 1 heterocycles. The summed E-state index contributed by atoms with van der Waals surface area (Å²) in [6, 6.07) is 4.16. The SMILES string of the molecule is O=[N+]([O-])c1c(Cl)ncnc1NCc1cc(F)ccc1Br. The normalized spacial score (nSPS) is 10.3. The highest BCUT2D eigenvalue weighted by molar-refractivity contribution is 9.10. The van der Waals surface area contributed by atoms with E-state index in [1.807, 2.05) is 0 Å². The molecule has 0 saturated heterocycles. The summed E-state index contributed by atoms with van der Waals surface area (Å²) in [5, 5.41) is 13.4. The maximum absolute atomic E-state index is 13.1. The maximum Gasteiger partial charge on any atom is 0.348 e. The Labute approximate surface area is 126 Å². The lowest BCUT2D eigenvalue weighted by atomic mass is 10.2. The van der Waals surface area contributed by atoms with Crippen molar-refractivity contribution in [3.05, 3.63) is 55.6 Å². The average Bonchev–Trinajstić information content (AvgIpc) is 2.39. The minimum absolute atomic E-state index is 0.0221. The summed E-state index contributed by atoms with van der Waals surface area (Å²) in [6.45, 7) is 0.145. The zero-order valence-corrected chi connectivity index (χ0v) is 12.2. The standard InChI is InChI=1S/C11H7BrClFN4O2/c12-8-2-1-7(14)3-6(8)4-15-11-9(18(19)20)10(13)16-5-17-11/h1-3,5H,4H2,(H,15,16,17). The second kappa shape index (κ2) is 6.10. The fraction of sp³-hybridized carbons (Fsp3) is 0.0909. The molecule has 0 bridgehead atoms. The smallest absolute Gasteiger partial charge is 0.348 e. The zero-order valence-electron chi connectivity index (χ0n) is 9.81. The number of anilines is 1.